The van der Waals surface area contributed by atoms with Gasteiger partial charge in [0.2, 0.25) is 5.95 Å². The number of hydrogen-bond donors (Lipinski definition) is 2. The van der Waals surface area contributed by atoms with Gasteiger partial charge in [-0.05, 0) is 0 Å². The van der Waals surface area contributed by atoms with Crippen LogP contribution in [0.2, 0.25) is 0 Å². The quantitative estimate of drug-likeness (QED) is 0.655. The highest BCUT2D eigenvalue weighted by Crippen LogP contribution is 2.20. The number of hydrogen-bond acceptors (Lipinski definition) is 8. The van der Waals surface area contributed by atoms with Crippen molar-refractivity contribution in [3.63, 3.8) is 0 Å². The van der Waals surface area contributed by atoms with Crippen molar-refractivity contribution >= 4 is 5.95 Å². The van der Waals surface area contributed by atoms with Gasteiger partial charge in [-0.1, -0.05) is 0 Å². The normalized spacial score (nSPS) is 23.9. The van der Waals surface area contributed by atoms with Crippen LogP contribution in [-0.2, 0) is 0 Å². The van der Waals surface area contributed by atoms with Crippen LogP contribution in [0.1, 0.15) is 0 Å². The van der Waals surface area contributed by atoms with E-state index in [1.54, 1.807) is 4.90 Å². The second-order valence-corrected chi connectivity index (χ2v) is 3.65. The summed E-state index contributed by atoms with van der Waals surface area (Å²) in [6, 6.07) is 0.255. The zero-order chi connectivity index (χ0) is 12.4. The van der Waals surface area contributed by atoms with Gasteiger partial charge in [-0.25, -0.2) is 0 Å². The topological polar surface area (TPSA) is 101 Å². The molecule has 8 nitrogen and oxygen atoms in total. The van der Waals surface area contributed by atoms with E-state index in [-0.39, 0.29) is 25.1 Å². The molecule has 0 amide bonds. The van der Waals surface area contributed by atoms with Crippen LogP contribution in [0.3, 0.4) is 0 Å². The third-order valence-electron chi connectivity index (χ3n) is 2.49. The molecule has 2 heterocycles. The summed E-state index contributed by atoms with van der Waals surface area (Å²) in [4.78, 5) is 13.6. The lowest BCUT2D eigenvalue weighted by atomic mass is 10.3. The number of aliphatic hydroxyl groups is 2. The summed E-state index contributed by atoms with van der Waals surface area (Å²) in [6.07, 6.45) is -1.60. The van der Waals surface area contributed by atoms with E-state index in [0.29, 0.717) is 5.95 Å². The first-order chi connectivity index (χ1) is 8.13. The zero-order valence-electron chi connectivity index (χ0n) is 9.57. The van der Waals surface area contributed by atoms with Crippen LogP contribution < -0.4 is 14.4 Å². The van der Waals surface area contributed by atoms with Crippen molar-refractivity contribution in [2.24, 2.45) is 0 Å². The number of anilines is 1. The Balaban J connectivity index is 2.26. The standard InChI is InChI=1S/C9H14N4O4/c1-16-8-10-7(11-9(12-8)17-2)13-3-5(14)6(15)4-13/h5-6,14-15H,3-4H2,1-2H3. The molecule has 1 fully saturated rings. The predicted octanol–water partition coefficient (Wildman–Crippen LogP) is -1.57. The van der Waals surface area contributed by atoms with Gasteiger partial charge in [0, 0.05) is 13.1 Å². The Morgan fingerprint density at radius 3 is 1.88 bits per heavy atom. The van der Waals surface area contributed by atoms with Crippen molar-refractivity contribution < 1.29 is 19.7 Å². The molecule has 2 rings (SSSR count). The van der Waals surface area contributed by atoms with Crippen LogP contribution in [0, 0.1) is 0 Å². The van der Waals surface area contributed by atoms with Crippen LogP contribution in [0.25, 0.3) is 0 Å². The van der Waals surface area contributed by atoms with Crippen LogP contribution in [0.4, 0.5) is 5.95 Å². The van der Waals surface area contributed by atoms with Gasteiger partial charge < -0.3 is 24.6 Å². The molecule has 1 aromatic heterocycles. The van der Waals surface area contributed by atoms with Crippen LogP contribution in [-0.4, -0.2) is 64.7 Å². The first kappa shape index (κ1) is 11.8. The van der Waals surface area contributed by atoms with Crippen LogP contribution >= 0.6 is 0 Å². The molecule has 8 heteroatoms. The number of ether oxygens (including phenoxy) is 2. The predicted molar refractivity (Wildman–Crippen MR) is 57.2 cm³/mol. The maximum absolute atomic E-state index is 9.46. The highest BCUT2D eigenvalue weighted by molar-refractivity contribution is 5.35. The summed E-state index contributed by atoms with van der Waals surface area (Å²) in [5.74, 6) is 0.310. The summed E-state index contributed by atoms with van der Waals surface area (Å²) in [6.45, 7) is 0.523. The highest BCUT2D eigenvalue weighted by atomic mass is 16.5. The van der Waals surface area contributed by atoms with E-state index in [1.807, 2.05) is 0 Å². The van der Waals surface area contributed by atoms with Gasteiger partial charge >= 0.3 is 12.0 Å². The summed E-state index contributed by atoms with van der Waals surface area (Å²) >= 11 is 0. The number of aliphatic hydroxyl groups excluding tert-OH is 2. The minimum atomic E-state index is -0.802. The number of aromatic nitrogens is 3. The van der Waals surface area contributed by atoms with Gasteiger partial charge in [-0.3, -0.25) is 0 Å². The van der Waals surface area contributed by atoms with E-state index in [2.05, 4.69) is 15.0 Å². The average molecular weight is 242 g/mol. The molecule has 2 N–H and O–H groups in total. The van der Waals surface area contributed by atoms with Crippen LogP contribution in [0.15, 0.2) is 0 Å². The van der Waals surface area contributed by atoms with Gasteiger partial charge in [0.05, 0.1) is 26.4 Å². The fourth-order valence-corrected chi connectivity index (χ4v) is 1.58. The first-order valence-electron chi connectivity index (χ1n) is 5.09. The van der Waals surface area contributed by atoms with E-state index < -0.39 is 12.2 Å². The lowest BCUT2D eigenvalue weighted by Gasteiger charge is -2.15. The van der Waals surface area contributed by atoms with E-state index >= 15 is 0 Å². The van der Waals surface area contributed by atoms with Crippen molar-refractivity contribution in [2.45, 2.75) is 12.2 Å². The van der Waals surface area contributed by atoms with Gasteiger partial charge in [-0.15, -0.1) is 4.98 Å². The Kier molecular flexibility index (Phi) is 3.25. The van der Waals surface area contributed by atoms with Gasteiger partial charge in [0.15, 0.2) is 0 Å². The number of rotatable bonds is 3. The molecular formula is C9H14N4O4. The minimum Gasteiger partial charge on any atom is -0.467 e. The number of methoxy groups -OCH3 is 2. The van der Waals surface area contributed by atoms with E-state index in [9.17, 15) is 10.2 Å². The van der Waals surface area contributed by atoms with Crippen LogP contribution in [0.5, 0.6) is 12.0 Å². The SMILES string of the molecule is COc1nc(OC)nc(N2CC(O)C(O)C2)n1. The highest BCUT2D eigenvalue weighted by Gasteiger charge is 2.31. The molecule has 0 saturated carbocycles. The molecule has 0 radical (unpaired) electrons. The minimum absolute atomic E-state index is 0.128. The monoisotopic (exact) mass is 242 g/mol. The second kappa shape index (κ2) is 4.68. The maximum atomic E-state index is 9.46. The summed E-state index contributed by atoms with van der Waals surface area (Å²) in [5.41, 5.74) is 0. The Morgan fingerprint density at radius 1 is 1.00 bits per heavy atom. The largest absolute Gasteiger partial charge is 0.467 e. The van der Waals surface area contributed by atoms with Crippen molar-refractivity contribution in [1.82, 2.24) is 15.0 Å². The molecule has 1 aliphatic rings. The zero-order valence-corrected chi connectivity index (χ0v) is 9.57. The molecule has 0 aliphatic carbocycles. The van der Waals surface area contributed by atoms with Gasteiger partial charge in [0.1, 0.15) is 0 Å². The Labute approximate surface area is 97.8 Å². The molecule has 0 bridgehead atoms. The third kappa shape index (κ3) is 2.37. The smallest absolute Gasteiger partial charge is 0.324 e. The molecule has 1 aliphatic heterocycles. The average Bonchev–Trinajstić information content (AvgIpc) is 2.69. The molecule has 94 valence electrons. The fourth-order valence-electron chi connectivity index (χ4n) is 1.58. The molecule has 2 atom stereocenters. The van der Waals surface area contributed by atoms with Gasteiger partial charge in [0.25, 0.3) is 0 Å². The summed E-state index contributed by atoms with van der Waals surface area (Å²) in [5, 5.41) is 18.9. The van der Waals surface area contributed by atoms with Crippen molar-refractivity contribution in [1.29, 1.82) is 0 Å². The second-order valence-electron chi connectivity index (χ2n) is 3.65. The van der Waals surface area contributed by atoms with Crippen molar-refractivity contribution in [2.75, 3.05) is 32.2 Å². The summed E-state index contributed by atoms with van der Waals surface area (Å²) < 4.78 is 9.83. The van der Waals surface area contributed by atoms with E-state index in [4.69, 9.17) is 9.47 Å². The molecule has 2 unspecified atom stereocenters. The molecular weight excluding hydrogens is 228 g/mol. The molecule has 17 heavy (non-hydrogen) atoms. The maximum Gasteiger partial charge on any atom is 0.324 e. The lowest BCUT2D eigenvalue weighted by Crippen LogP contribution is -2.24. The Hall–Kier alpha value is -1.67. The number of β-amino-alcohol motifs (C(OH)–C–C–N with tert-alkyl or cyclic N) is 2. The fraction of sp³-hybridized carbons (Fsp3) is 0.667. The third-order valence-corrected chi connectivity index (χ3v) is 2.49. The van der Waals surface area contributed by atoms with E-state index in [1.165, 1.54) is 14.2 Å². The summed E-state index contributed by atoms with van der Waals surface area (Å²) in [7, 11) is 2.87. The Bertz CT molecular complexity index is 370. The van der Waals surface area contributed by atoms with Gasteiger partial charge in [-0.2, -0.15) is 9.97 Å². The number of nitrogens with zero attached hydrogens (tertiary/aromatic N) is 4. The van der Waals surface area contributed by atoms with Crippen molar-refractivity contribution in [3.8, 4) is 12.0 Å². The first-order valence-corrected chi connectivity index (χ1v) is 5.09. The van der Waals surface area contributed by atoms with E-state index in [0.717, 1.165) is 0 Å². The lowest BCUT2D eigenvalue weighted by molar-refractivity contribution is 0.0572. The molecule has 0 aromatic carbocycles. The van der Waals surface area contributed by atoms with Crippen molar-refractivity contribution in [3.05, 3.63) is 0 Å². The molecule has 0 spiro atoms. The molecule has 1 saturated heterocycles. The molecule has 1 aromatic rings. The Morgan fingerprint density at radius 2 is 1.47 bits per heavy atom.